The molecule has 2 aromatic carbocycles. The molecule has 18 heavy (non-hydrogen) atoms. The lowest BCUT2D eigenvalue weighted by Crippen LogP contribution is -2.01. The molecule has 0 fully saturated rings. The van der Waals surface area contributed by atoms with Gasteiger partial charge >= 0.3 is 0 Å². The maximum absolute atomic E-state index is 13.6. The molecule has 0 heterocycles. The molecule has 0 radical (unpaired) electrons. The minimum Gasteiger partial charge on any atom is -0.454 e. The number of aryl methyl sites for hydroxylation is 1. The van der Waals surface area contributed by atoms with Crippen molar-refractivity contribution >= 4 is 15.9 Å². The van der Waals surface area contributed by atoms with Crippen LogP contribution in [0.15, 0.2) is 40.9 Å². The minimum atomic E-state index is -0.386. The van der Waals surface area contributed by atoms with Crippen LogP contribution in [0.4, 0.5) is 4.39 Å². The average molecular weight is 310 g/mol. The molecule has 0 aliphatic carbocycles. The van der Waals surface area contributed by atoms with Crippen LogP contribution in [0.1, 0.15) is 11.1 Å². The topological polar surface area (TPSA) is 35.2 Å². The molecule has 4 heteroatoms. The van der Waals surface area contributed by atoms with Gasteiger partial charge in [0.2, 0.25) is 0 Å². The van der Waals surface area contributed by atoms with Crippen molar-refractivity contribution < 1.29 is 9.13 Å². The number of hydrogen-bond donors (Lipinski definition) is 1. The Morgan fingerprint density at radius 2 is 2.00 bits per heavy atom. The Bertz CT molecular complexity index is 572. The predicted molar refractivity (Wildman–Crippen MR) is 73.2 cm³/mol. The molecule has 2 aromatic rings. The second-order valence-corrected chi connectivity index (χ2v) is 4.81. The van der Waals surface area contributed by atoms with Gasteiger partial charge in [0.15, 0.2) is 11.6 Å². The molecule has 0 bridgehead atoms. The maximum Gasteiger partial charge on any atom is 0.165 e. The number of ether oxygens (including phenoxy) is 1. The van der Waals surface area contributed by atoms with Crippen LogP contribution in [-0.2, 0) is 6.54 Å². The summed E-state index contributed by atoms with van der Waals surface area (Å²) >= 11 is 3.40. The third-order valence-electron chi connectivity index (χ3n) is 2.59. The van der Waals surface area contributed by atoms with Crippen LogP contribution in [0.3, 0.4) is 0 Å². The van der Waals surface area contributed by atoms with E-state index in [9.17, 15) is 4.39 Å². The van der Waals surface area contributed by atoms with E-state index in [0.29, 0.717) is 12.3 Å². The summed E-state index contributed by atoms with van der Waals surface area (Å²) in [5.41, 5.74) is 7.43. The minimum absolute atomic E-state index is 0.211. The molecule has 0 unspecified atom stereocenters. The van der Waals surface area contributed by atoms with Crippen LogP contribution in [0, 0.1) is 12.7 Å². The highest BCUT2D eigenvalue weighted by molar-refractivity contribution is 9.10. The molecule has 0 aliphatic heterocycles. The fraction of sp³-hybridized carbons (Fsp3) is 0.143. The zero-order valence-corrected chi connectivity index (χ0v) is 11.5. The van der Waals surface area contributed by atoms with Crippen LogP contribution < -0.4 is 10.5 Å². The monoisotopic (exact) mass is 309 g/mol. The standard InChI is InChI=1S/C14H13BrFNO/c1-9-5-6-12(16)14(7-9)18-13-4-2-3-11(15)10(13)8-17/h2-7H,8,17H2,1H3. The second kappa shape index (κ2) is 5.50. The van der Waals surface area contributed by atoms with Gasteiger partial charge in [0.05, 0.1) is 0 Å². The summed E-state index contributed by atoms with van der Waals surface area (Å²) in [5, 5.41) is 0. The smallest absolute Gasteiger partial charge is 0.165 e. The molecule has 0 spiro atoms. The first-order valence-electron chi connectivity index (χ1n) is 5.53. The van der Waals surface area contributed by atoms with E-state index in [1.165, 1.54) is 6.07 Å². The van der Waals surface area contributed by atoms with Gasteiger partial charge in [-0.1, -0.05) is 28.1 Å². The molecule has 0 amide bonds. The molecular formula is C14H13BrFNO. The molecule has 2 N–H and O–H groups in total. The molecule has 0 atom stereocenters. The number of benzene rings is 2. The normalized spacial score (nSPS) is 10.4. The van der Waals surface area contributed by atoms with E-state index in [-0.39, 0.29) is 11.6 Å². The van der Waals surface area contributed by atoms with Gasteiger partial charge in [0.25, 0.3) is 0 Å². The van der Waals surface area contributed by atoms with Crippen molar-refractivity contribution in [3.05, 3.63) is 57.8 Å². The zero-order chi connectivity index (χ0) is 13.1. The van der Waals surface area contributed by atoms with E-state index in [1.54, 1.807) is 18.2 Å². The highest BCUT2D eigenvalue weighted by atomic mass is 79.9. The van der Waals surface area contributed by atoms with Crippen LogP contribution in [-0.4, -0.2) is 0 Å². The largest absolute Gasteiger partial charge is 0.454 e. The summed E-state index contributed by atoms with van der Waals surface area (Å²) in [5.74, 6) is 0.391. The van der Waals surface area contributed by atoms with Crippen molar-refractivity contribution in [3.8, 4) is 11.5 Å². The van der Waals surface area contributed by atoms with Crippen LogP contribution in [0.2, 0.25) is 0 Å². The Morgan fingerprint density at radius 3 is 2.72 bits per heavy atom. The maximum atomic E-state index is 13.6. The van der Waals surface area contributed by atoms with Gasteiger partial charge in [-0.05, 0) is 36.8 Å². The van der Waals surface area contributed by atoms with Crippen LogP contribution >= 0.6 is 15.9 Å². The van der Waals surface area contributed by atoms with E-state index in [4.69, 9.17) is 10.5 Å². The molecule has 0 aromatic heterocycles. The summed E-state index contributed by atoms with van der Waals surface area (Å²) in [6, 6.07) is 10.2. The van der Waals surface area contributed by atoms with Gasteiger partial charge in [-0.15, -0.1) is 0 Å². The third-order valence-corrected chi connectivity index (χ3v) is 3.33. The molecule has 2 rings (SSSR count). The molecular weight excluding hydrogens is 297 g/mol. The van der Waals surface area contributed by atoms with Gasteiger partial charge in [-0.25, -0.2) is 4.39 Å². The first-order valence-corrected chi connectivity index (χ1v) is 6.32. The van der Waals surface area contributed by atoms with Gasteiger partial charge in [0.1, 0.15) is 5.75 Å². The predicted octanol–water partition coefficient (Wildman–Crippen LogP) is 4.15. The fourth-order valence-corrected chi connectivity index (χ4v) is 2.15. The van der Waals surface area contributed by atoms with Crippen LogP contribution in [0.25, 0.3) is 0 Å². The average Bonchev–Trinajstić information content (AvgIpc) is 2.34. The van der Waals surface area contributed by atoms with Crippen LogP contribution in [0.5, 0.6) is 11.5 Å². The van der Waals surface area contributed by atoms with Crippen molar-refractivity contribution in [1.82, 2.24) is 0 Å². The van der Waals surface area contributed by atoms with Gasteiger partial charge in [0, 0.05) is 16.6 Å². The van der Waals surface area contributed by atoms with Crippen molar-refractivity contribution in [3.63, 3.8) is 0 Å². The van der Waals surface area contributed by atoms with Crippen molar-refractivity contribution in [2.24, 2.45) is 5.73 Å². The molecule has 0 saturated heterocycles. The zero-order valence-electron chi connectivity index (χ0n) is 9.91. The van der Waals surface area contributed by atoms with Gasteiger partial charge in [-0.3, -0.25) is 0 Å². The van der Waals surface area contributed by atoms with E-state index < -0.39 is 0 Å². The van der Waals surface area contributed by atoms with Crippen molar-refractivity contribution in [1.29, 1.82) is 0 Å². The summed E-state index contributed by atoms with van der Waals surface area (Å²) in [6.45, 7) is 2.21. The lowest BCUT2D eigenvalue weighted by Gasteiger charge is -2.12. The second-order valence-electron chi connectivity index (χ2n) is 3.96. The Labute approximate surface area is 114 Å². The first kappa shape index (κ1) is 13.1. The number of nitrogens with two attached hydrogens (primary N) is 1. The number of rotatable bonds is 3. The third kappa shape index (κ3) is 2.71. The van der Waals surface area contributed by atoms with Gasteiger partial charge in [-0.2, -0.15) is 0 Å². The molecule has 0 aliphatic rings. The molecule has 0 saturated carbocycles. The number of halogens is 2. The van der Waals surface area contributed by atoms with Crippen molar-refractivity contribution in [2.75, 3.05) is 0 Å². The Hall–Kier alpha value is -1.39. The highest BCUT2D eigenvalue weighted by Gasteiger charge is 2.10. The van der Waals surface area contributed by atoms with E-state index in [1.807, 2.05) is 19.1 Å². The van der Waals surface area contributed by atoms with E-state index in [2.05, 4.69) is 15.9 Å². The summed E-state index contributed by atoms with van der Waals surface area (Å²) in [7, 11) is 0. The Kier molecular flexibility index (Phi) is 3.99. The van der Waals surface area contributed by atoms with Gasteiger partial charge < -0.3 is 10.5 Å². The number of hydrogen-bond acceptors (Lipinski definition) is 2. The Morgan fingerprint density at radius 1 is 1.22 bits per heavy atom. The quantitative estimate of drug-likeness (QED) is 0.924. The lowest BCUT2D eigenvalue weighted by atomic mass is 10.2. The summed E-state index contributed by atoms with van der Waals surface area (Å²) < 4.78 is 20.1. The lowest BCUT2D eigenvalue weighted by molar-refractivity contribution is 0.437. The first-order chi connectivity index (χ1) is 8.61. The van der Waals surface area contributed by atoms with E-state index in [0.717, 1.165) is 15.6 Å². The molecule has 2 nitrogen and oxygen atoms in total. The van der Waals surface area contributed by atoms with Crippen molar-refractivity contribution in [2.45, 2.75) is 13.5 Å². The summed E-state index contributed by atoms with van der Waals surface area (Å²) in [4.78, 5) is 0. The molecule has 94 valence electrons. The Balaban J connectivity index is 2.40. The van der Waals surface area contributed by atoms with E-state index >= 15 is 0 Å². The fourth-order valence-electron chi connectivity index (χ4n) is 1.64. The SMILES string of the molecule is Cc1ccc(F)c(Oc2cccc(Br)c2CN)c1. The summed E-state index contributed by atoms with van der Waals surface area (Å²) in [6.07, 6.45) is 0. The highest BCUT2D eigenvalue weighted by Crippen LogP contribution is 2.31.